The predicted molar refractivity (Wildman–Crippen MR) is 70.5 cm³/mol. The lowest BCUT2D eigenvalue weighted by Crippen LogP contribution is -2.46. The summed E-state index contributed by atoms with van der Waals surface area (Å²) in [6.07, 6.45) is 4.07. The topological polar surface area (TPSA) is 53.6 Å². The maximum absolute atomic E-state index is 11.6. The molecule has 2 aliphatic rings. The van der Waals surface area contributed by atoms with Gasteiger partial charge in [0.15, 0.2) is 0 Å². The van der Waals surface area contributed by atoms with Gasteiger partial charge in [-0.05, 0) is 19.3 Å². The molecule has 2 heterocycles. The summed E-state index contributed by atoms with van der Waals surface area (Å²) < 4.78 is 5.51. The summed E-state index contributed by atoms with van der Waals surface area (Å²) in [4.78, 5) is 14.0. The van der Waals surface area contributed by atoms with Gasteiger partial charge in [-0.1, -0.05) is 0 Å². The molecule has 2 rings (SSSR count). The SMILES string of the molecule is O=C(CCC1CCCO1)NCCN1CCNCC1. The van der Waals surface area contributed by atoms with E-state index in [0.717, 1.165) is 65.1 Å². The molecule has 0 aliphatic carbocycles. The van der Waals surface area contributed by atoms with Gasteiger partial charge < -0.3 is 15.4 Å². The fourth-order valence-electron chi connectivity index (χ4n) is 2.54. The highest BCUT2D eigenvalue weighted by Gasteiger charge is 2.16. The first-order chi connectivity index (χ1) is 8.84. The molecule has 104 valence electrons. The van der Waals surface area contributed by atoms with Crippen molar-refractivity contribution in [2.75, 3.05) is 45.9 Å². The number of nitrogens with one attached hydrogen (secondary N) is 2. The average Bonchev–Trinajstić information content (AvgIpc) is 2.91. The third kappa shape index (κ3) is 4.92. The summed E-state index contributed by atoms with van der Waals surface area (Å²) in [5.41, 5.74) is 0. The minimum Gasteiger partial charge on any atom is -0.378 e. The van der Waals surface area contributed by atoms with Crippen molar-refractivity contribution in [3.05, 3.63) is 0 Å². The Bertz CT molecular complexity index is 249. The van der Waals surface area contributed by atoms with E-state index >= 15 is 0 Å². The molecule has 1 unspecified atom stereocenters. The molecule has 1 atom stereocenters. The second-order valence-electron chi connectivity index (χ2n) is 5.12. The third-order valence-electron chi connectivity index (χ3n) is 3.68. The number of piperazine rings is 1. The van der Waals surface area contributed by atoms with Crippen LogP contribution in [0.25, 0.3) is 0 Å². The number of ether oxygens (including phenoxy) is 1. The van der Waals surface area contributed by atoms with Gasteiger partial charge in [-0.3, -0.25) is 9.69 Å². The molecule has 0 bridgehead atoms. The van der Waals surface area contributed by atoms with Crippen molar-refractivity contribution in [3.63, 3.8) is 0 Å². The Kier molecular flexibility index (Phi) is 5.90. The zero-order valence-corrected chi connectivity index (χ0v) is 11.1. The molecular formula is C13H25N3O2. The molecule has 2 N–H and O–H groups in total. The van der Waals surface area contributed by atoms with Gasteiger partial charge in [0.25, 0.3) is 0 Å². The second-order valence-corrected chi connectivity index (χ2v) is 5.12. The van der Waals surface area contributed by atoms with Crippen LogP contribution in [-0.4, -0.2) is 62.8 Å². The van der Waals surface area contributed by atoms with E-state index in [1.807, 2.05) is 0 Å². The molecule has 0 saturated carbocycles. The lowest BCUT2D eigenvalue weighted by Gasteiger charge is -2.27. The van der Waals surface area contributed by atoms with E-state index in [1.165, 1.54) is 0 Å². The fourth-order valence-corrected chi connectivity index (χ4v) is 2.54. The molecule has 18 heavy (non-hydrogen) atoms. The molecule has 1 amide bonds. The van der Waals surface area contributed by atoms with Crippen molar-refractivity contribution >= 4 is 5.91 Å². The number of nitrogens with zero attached hydrogens (tertiary/aromatic N) is 1. The van der Waals surface area contributed by atoms with Gasteiger partial charge >= 0.3 is 0 Å². The summed E-state index contributed by atoms with van der Waals surface area (Å²) in [5, 5.41) is 6.32. The quantitative estimate of drug-likeness (QED) is 0.700. The summed E-state index contributed by atoms with van der Waals surface area (Å²) >= 11 is 0. The first-order valence-electron chi connectivity index (χ1n) is 7.16. The van der Waals surface area contributed by atoms with Crippen molar-refractivity contribution in [3.8, 4) is 0 Å². The molecule has 2 fully saturated rings. The maximum atomic E-state index is 11.6. The minimum absolute atomic E-state index is 0.167. The van der Waals surface area contributed by atoms with E-state index in [4.69, 9.17) is 4.74 Å². The summed E-state index contributed by atoms with van der Waals surface area (Å²) in [6, 6.07) is 0. The van der Waals surface area contributed by atoms with Gasteiger partial charge in [0, 0.05) is 52.3 Å². The van der Waals surface area contributed by atoms with Crippen LogP contribution in [0.1, 0.15) is 25.7 Å². The van der Waals surface area contributed by atoms with Crippen LogP contribution in [-0.2, 0) is 9.53 Å². The Hall–Kier alpha value is -0.650. The number of hydrogen-bond donors (Lipinski definition) is 2. The highest BCUT2D eigenvalue weighted by Crippen LogP contribution is 2.16. The van der Waals surface area contributed by atoms with Gasteiger partial charge in [-0.15, -0.1) is 0 Å². The minimum atomic E-state index is 0.167. The molecule has 2 aliphatic heterocycles. The number of rotatable bonds is 6. The predicted octanol–water partition coefficient (Wildman–Crippen LogP) is -0.0330. The average molecular weight is 255 g/mol. The van der Waals surface area contributed by atoms with Gasteiger partial charge in [-0.2, -0.15) is 0 Å². The number of carbonyl (C=O) groups is 1. The summed E-state index contributed by atoms with van der Waals surface area (Å²) in [6.45, 7) is 6.91. The Morgan fingerprint density at radius 1 is 1.39 bits per heavy atom. The molecular weight excluding hydrogens is 230 g/mol. The molecule has 0 aromatic carbocycles. The normalized spacial score (nSPS) is 25.2. The van der Waals surface area contributed by atoms with Crippen LogP contribution in [0.5, 0.6) is 0 Å². The van der Waals surface area contributed by atoms with Crippen molar-refractivity contribution in [1.29, 1.82) is 0 Å². The Morgan fingerprint density at radius 3 is 2.94 bits per heavy atom. The number of hydrogen-bond acceptors (Lipinski definition) is 4. The van der Waals surface area contributed by atoms with E-state index in [2.05, 4.69) is 15.5 Å². The molecule has 5 heteroatoms. The van der Waals surface area contributed by atoms with Crippen molar-refractivity contribution in [2.45, 2.75) is 31.8 Å². The van der Waals surface area contributed by atoms with E-state index in [9.17, 15) is 4.79 Å². The Balaban J connectivity index is 1.48. The Morgan fingerprint density at radius 2 is 2.22 bits per heavy atom. The van der Waals surface area contributed by atoms with Crippen molar-refractivity contribution in [2.24, 2.45) is 0 Å². The van der Waals surface area contributed by atoms with E-state index < -0.39 is 0 Å². The smallest absolute Gasteiger partial charge is 0.220 e. The first kappa shape index (κ1) is 13.8. The zero-order chi connectivity index (χ0) is 12.6. The zero-order valence-electron chi connectivity index (χ0n) is 11.1. The molecule has 2 saturated heterocycles. The van der Waals surface area contributed by atoms with E-state index in [-0.39, 0.29) is 5.91 Å². The van der Waals surface area contributed by atoms with Crippen LogP contribution in [0, 0.1) is 0 Å². The highest BCUT2D eigenvalue weighted by atomic mass is 16.5. The third-order valence-corrected chi connectivity index (χ3v) is 3.68. The number of amides is 1. The lowest BCUT2D eigenvalue weighted by atomic mass is 10.1. The van der Waals surface area contributed by atoms with Crippen LogP contribution in [0.2, 0.25) is 0 Å². The van der Waals surface area contributed by atoms with Crippen LogP contribution < -0.4 is 10.6 Å². The van der Waals surface area contributed by atoms with Gasteiger partial charge in [0.1, 0.15) is 0 Å². The Labute approximate surface area is 109 Å². The largest absolute Gasteiger partial charge is 0.378 e. The van der Waals surface area contributed by atoms with Crippen molar-refractivity contribution in [1.82, 2.24) is 15.5 Å². The second kappa shape index (κ2) is 7.71. The van der Waals surface area contributed by atoms with Crippen LogP contribution >= 0.6 is 0 Å². The monoisotopic (exact) mass is 255 g/mol. The summed E-state index contributed by atoms with van der Waals surface area (Å²) in [5.74, 6) is 0.167. The van der Waals surface area contributed by atoms with Gasteiger partial charge in [0.2, 0.25) is 5.91 Å². The lowest BCUT2D eigenvalue weighted by molar-refractivity contribution is -0.121. The molecule has 0 spiro atoms. The fraction of sp³-hybridized carbons (Fsp3) is 0.923. The highest BCUT2D eigenvalue weighted by molar-refractivity contribution is 5.75. The van der Waals surface area contributed by atoms with Crippen molar-refractivity contribution < 1.29 is 9.53 Å². The maximum Gasteiger partial charge on any atom is 0.220 e. The molecule has 0 aromatic rings. The molecule has 0 aromatic heterocycles. The molecule has 0 radical (unpaired) electrons. The van der Waals surface area contributed by atoms with E-state index in [0.29, 0.717) is 12.5 Å². The molecule has 5 nitrogen and oxygen atoms in total. The van der Waals surface area contributed by atoms with Crippen LogP contribution in [0.4, 0.5) is 0 Å². The number of carbonyl (C=O) groups excluding carboxylic acids is 1. The van der Waals surface area contributed by atoms with E-state index in [1.54, 1.807) is 0 Å². The van der Waals surface area contributed by atoms with Gasteiger partial charge in [-0.25, -0.2) is 0 Å². The van der Waals surface area contributed by atoms with Gasteiger partial charge in [0.05, 0.1) is 6.10 Å². The van der Waals surface area contributed by atoms with Crippen LogP contribution in [0.15, 0.2) is 0 Å². The van der Waals surface area contributed by atoms with Crippen LogP contribution in [0.3, 0.4) is 0 Å². The first-order valence-corrected chi connectivity index (χ1v) is 7.16. The standard InChI is InChI=1S/C13H25N3O2/c17-13(4-3-12-2-1-11-18-12)15-7-10-16-8-5-14-6-9-16/h12,14H,1-11H2,(H,15,17). The summed E-state index contributed by atoms with van der Waals surface area (Å²) in [7, 11) is 0.